The standard InChI is InChI=1S/C14H19N3O4/c1-3-15-13-8-21-7-11(13)14(18)16-12-6-10(17(19)20)5-4-9(12)2/h4-6,11,13,15H,3,7-8H2,1-2H3,(H,16,18). The lowest BCUT2D eigenvalue weighted by molar-refractivity contribution is -0.384. The summed E-state index contributed by atoms with van der Waals surface area (Å²) in [5.41, 5.74) is 1.21. The quantitative estimate of drug-likeness (QED) is 0.633. The number of nitrogens with zero attached hydrogens (tertiary/aromatic N) is 1. The van der Waals surface area contributed by atoms with Gasteiger partial charge in [0, 0.05) is 18.2 Å². The molecule has 114 valence electrons. The van der Waals surface area contributed by atoms with Crippen LogP contribution in [0, 0.1) is 23.0 Å². The second-order valence-electron chi connectivity index (χ2n) is 5.05. The predicted molar refractivity (Wildman–Crippen MR) is 78.2 cm³/mol. The van der Waals surface area contributed by atoms with Crippen LogP contribution >= 0.6 is 0 Å². The predicted octanol–water partition coefficient (Wildman–Crippen LogP) is 1.47. The van der Waals surface area contributed by atoms with Gasteiger partial charge in [0.05, 0.1) is 29.7 Å². The first-order valence-corrected chi connectivity index (χ1v) is 6.90. The van der Waals surface area contributed by atoms with E-state index in [0.717, 1.165) is 12.1 Å². The zero-order valence-electron chi connectivity index (χ0n) is 12.1. The molecule has 1 aliphatic heterocycles. The molecule has 21 heavy (non-hydrogen) atoms. The minimum atomic E-state index is -0.477. The number of anilines is 1. The highest BCUT2D eigenvalue weighted by molar-refractivity contribution is 5.94. The van der Waals surface area contributed by atoms with Crippen molar-refractivity contribution in [2.75, 3.05) is 25.1 Å². The van der Waals surface area contributed by atoms with Gasteiger partial charge >= 0.3 is 0 Å². The third-order valence-electron chi connectivity index (χ3n) is 3.57. The smallest absolute Gasteiger partial charge is 0.271 e. The fourth-order valence-corrected chi connectivity index (χ4v) is 2.36. The topological polar surface area (TPSA) is 93.5 Å². The Balaban J connectivity index is 2.12. The Morgan fingerprint density at radius 1 is 1.48 bits per heavy atom. The molecule has 0 aromatic heterocycles. The van der Waals surface area contributed by atoms with E-state index in [4.69, 9.17) is 4.74 Å². The molecule has 1 aromatic carbocycles. The van der Waals surface area contributed by atoms with Crippen molar-refractivity contribution in [3.63, 3.8) is 0 Å². The van der Waals surface area contributed by atoms with Gasteiger partial charge in [-0.2, -0.15) is 0 Å². The van der Waals surface area contributed by atoms with Crippen LogP contribution in [0.5, 0.6) is 0 Å². The van der Waals surface area contributed by atoms with Crippen LogP contribution in [0.15, 0.2) is 18.2 Å². The number of aryl methyl sites for hydroxylation is 1. The molecular weight excluding hydrogens is 274 g/mol. The number of amides is 1. The first kappa shape index (κ1) is 15.4. The highest BCUT2D eigenvalue weighted by Gasteiger charge is 2.33. The van der Waals surface area contributed by atoms with Crippen molar-refractivity contribution in [3.05, 3.63) is 33.9 Å². The molecule has 2 N–H and O–H groups in total. The average molecular weight is 293 g/mol. The molecular formula is C14H19N3O4. The summed E-state index contributed by atoms with van der Waals surface area (Å²) < 4.78 is 5.34. The minimum Gasteiger partial charge on any atom is -0.379 e. The van der Waals surface area contributed by atoms with Crippen molar-refractivity contribution in [2.24, 2.45) is 5.92 Å². The molecule has 0 spiro atoms. The van der Waals surface area contributed by atoms with Gasteiger partial charge in [-0.05, 0) is 19.0 Å². The number of ether oxygens (including phenoxy) is 1. The van der Waals surface area contributed by atoms with Gasteiger partial charge in [0.2, 0.25) is 5.91 Å². The highest BCUT2D eigenvalue weighted by Crippen LogP contribution is 2.23. The van der Waals surface area contributed by atoms with Crippen molar-refractivity contribution >= 4 is 17.3 Å². The van der Waals surface area contributed by atoms with Gasteiger partial charge in [-0.1, -0.05) is 13.0 Å². The highest BCUT2D eigenvalue weighted by atomic mass is 16.6. The van der Waals surface area contributed by atoms with Gasteiger partial charge in [0.15, 0.2) is 0 Å². The van der Waals surface area contributed by atoms with Crippen LogP contribution < -0.4 is 10.6 Å². The number of likely N-dealkylation sites (N-methyl/N-ethyl adjacent to an activating group) is 1. The van der Waals surface area contributed by atoms with Crippen LogP contribution in [0.3, 0.4) is 0 Å². The molecule has 7 nitrogen and oxygen atoms in total. The molecule has 1 heterocycles. The number of benzene rings is 1. The summed E-state index contributed by atoms with van der Waals surface area (Å²) in [6.45, 7) is 5.38. The maximum Gasteiger partial charge on any atom is 0.271 e. The molecule has 1 aliphatic rings. The number of nitro benzene ring substituents is 1. The van der Waals surface area contributed by atoms with Gasteiger partial charge in [-0.15, -0.1) is 0 Å². The monoisotopic (exact) mass is 293 g/mol. The zero-order valence-corrected chi connectivity index (χ0v) is 12.1. The normalized spacial score (nSPS) is 21.2. The van der Waals surface area contributed by atoms with Crippen LogP contribution in [0.1, 0.15) is 12.5 Å². The molecule has 1 saturated heterocycles. The molecule has 2 unspecified atom stereocenters. The van der Waals surface area contributed by atoms with E-state index in [1.165, 1.54) is 12.1 Å². The van der Waals surface area contributed by atoms with Crippen molar-refractivity contribution < 1.29 is 14.5 Å². The molecule has 0 bridgehead atoms. The van der Waals surface area contributed by atoms with E-state index >= 15 is 0 Å². The van der Waals surface area contributed by atoms with Gasteiger partial charge in [0.25, 0.3) is 5.69 Å². The molecule has 2 atom stereocenters. The lowest BCUT2D eigenvalue weighted by Gasteiger charge is -2.18. The van der Waals surface area contributed by atoms with E-state index in [-0.39, 0.29) is 23.6 Å². The fourth-order valence-electron chi connectivity index (χ4n) is 2.36. The Hall–Kier alpha value is -1.99. The fraction of sp³-hybridized carbons (Fsp3) is 0.500. The Morgan fingerprint density at radius 3 is 2.90 bits per heavy atom. The summed E-state index contributed by atoms with van der Waals surface area (Å²) in [5.74, 6) is -0.467. The summed E-state index contributed by atoms with van der Waals surface area (Å²) >= 11 is 0. The maximum atomic E-state index is 12.3. The van der Waals surface area contributed by atoms with Crippen LogP contribution in [-0.4, -0.2) is 36.6 Å². The first-order chi connectivity index (χ1) is 10.0. The average Bonchev–Trinajstić information content (AvgIpc) is 2.89. The SMILES string of the molecule is CCNC1COCC1C(=O)Nc1cc([N+](=O)[O-])ccc1C. The molecule has 1 fully saturated rings. The van der Waals surface area contributed by atoms with E-state index in [1.54, 1.807) is 13.0 Å². The molecule has 0 radical (unpaired) electrons. The number of nitrogens with one attached hydrogen (secondary N) is 2. The van der Waals surface area contributed by atoms with Gasteiger partial charge in [-0.25, -0.2) is 0 Å². The lowest BCUT2D eigenvalue weighted by atomic mass is 10.0. The van der Waals surface area contributed by atoms with Crippen LogP contribution in [0.2, 0.25) is 0 Å². The number of hydrogen-bond donors (Lipinski definition) is 2. The van der Waals surface area contributed by atoms with Crippen molar-refractivity contribution in [1.82, 2.24) is 5.32 Å². The number of hydrogen-bond acceptors (Lipinski definition) is 5. The van der Waals surface area contributed by atoms with E-state index < -0.39 is 4.92 Å². The summed E-state index contributed by atoms with van der Waals surface area (Å²) in [7, 11) is 0. The van der Waals surface area contributed by atoms with Crippen molar-refractivity contribution in [1.29, 1.82) is 0 Å². The third-order valence-corrected chi connectivity index (χ3v) is 3.57. The van der Waals surface area contributed by atoms with E-state index in [1.807, 2.05) is 6.92 Å². The summed E-state index contributed by atoms with van der Waals surface area (Å²) in [6.07, 6.45) is 0. The molecule has 0 aliphatic carbocycles. The largest absolute Gasteiger partial charge is 0.379 e. The van der Waals surface area contributed by atoms with Crippen LogP contribution in [0.4, 0.5) is 11.4 Å². The summed E-state index contributed by atoms with van der Waals surface area (Å²) in [6, 6.07) is 4.41. The Morgan fingerprint density at radius 2 is 2.24 bits per heavy atom. The van der Waals surface area contributed by atoms with Crippen LogP contribution in [-0.2, 0) is 9.53 Å². The Kier molecular flexibility index (Phi) is 4.87. The lowest BCUT2D eigenvalue weighted by Crippen LogP contribution is -2.41. The molecule has 1 aromatic rings. The minimum absolute atomic E-state index is 0.0194. The number of carbonyl (C=O) groups is 1. The first-order valence-electron chi connectivity index (χ1n) is 6.90. The van der Waals surface area contributed by atoms with Crippen molar-refractivity contribution in [3.8, 4) is 0 Å². The summed E-state index contributed by atoms with van der Waals surface area (Å²) in [5, 5.41) is 16.8. The zero-order chi connectivity index (χ0) is 15.4. The van der Waals surface area contributed by atoms with Crippen molar-refractivity contribution in [2.45, 2.75) is 19.9 Å². The third kappa shape index (κ3) is 3.56. The number of rotatable bonds is 5. The molecule has 7 heteroatoms. The second-order valence-corrected chi connectivity index (χ2v) is 5.05. The van der Waals surface area contributed by atoms with Crippen LogP contribution in [0.25, 0.3) is 0 Å². The Bertz CT molecular complexity index is 547. The molecule has 2 rings (SSSR count). The molecule has 0 saturated carbocycles. The van der Waals surface area contributed by atoms with E-state index in [2.05, 4.69) is 10.6 Å². The van der Waals surface area contributed by atoms with E-state index in [0.29, 0.717) is 18.9 Å². The number of non-ortho nitro benzene ring substituents is 1. The van der Waals surface area contributed by atoms with Gasteiger partial charge < -0.3 is 15.4 Å². The Labute approximate surface area is 122 Å². The van der Waals surface area contributed by atoms with Gasteiger partial charge in [0.1, 0.15) is 0 Å². The number of nitro groups is 1. The molecule has 1 amide bonds. The second kappa shape index (κ2) is 6.64. The maximum absolute atomic E-state index is 12.3. The van der Waals surface area contributed by atoms with Gasteiger partial charge in [-0.3, -0.25) is 14.9 Å². The summed E-state index contributed by atoms with van der Waals surface area (Å²) in [4.78, 5) is 22.7. The van der Waals surface area contributed by atoms with E-state index in [9.17, 15) is 14.9 Å². The number of carbonyl (C=O) groups excluding carboxylic acids is 1.